The fourth-order valence-corrected chi connectivity index (χ4v) is 4.08. The molecule has 1 atom stereocenters. The molecule has 0 radical (unpaired) electrons. The maximum absolute atomic E-state index is 14.3. The number of anilines is 1. The van der Waals surface area contributed by atoms with E-state index < -0.39 is 5.41 Å². The summed E-state index contributed by atoms with van der Waals surface area (Å²) in [4.78, 5) is 14.9. The van der Waals surface area contributed by atoms with E-state index in [0.717, 1.165) is 30.6 Å². The maximum Gasteiger partial charge on any atom is 0.236 e. The average Bonchev–Trinajstić information content (AvgIpc) is 2.89. The van der Waals surface area contributed by atoms with Crippen molar-refractivity contribution >= 4 is 11.6 Å². The number of amides is 1. The zero-order valence-corrected chi connectivity index (χ0v) is 14.2. The van der Waals surface area contributed by atoms with E-state index in [0.29, 0.717) is 24.4 Å². The lowest BCUT2D eigenvalue weighted by molar-refractivity contribution is -0.122. The Morgan fingerprint density at radius 1 is 1.28 bits per heavy atom. The van der Waals surface area contributed by atoms with Gasteiger partial charge in [0, 0.05) is 30.4 Å². The molecule has 1 fully saturated rings. The van der Waals surface area contributed by atoms with Crippen LogP contribution in [-0.2, 0) is 16.8 Å². The molecule has 4 rings (SSSR count). The predicted molar refractivity (Wildman–Crippen MR) is 94.2 cm³/mol. The Morgan fingerprint density at radius 3 is 2.92 bits per heavy atom. The topological polar surface area (TPSA) is 41.6 Å². The summed E-state index contributed by atoms with van der Waals surface area (Å²) in [5, 5.41) is 3.01. The van der Waals surface area contributed by atoms with Gasteiger partial charge in [0.2, 0.25) is 5.91 Å². The first kappa shape index (κ1) is 16.1. The Balaban J connectivity index is 1.59. The highest BCUT2D eigenvalue weighted by atomic mass is 19.1. The lowest BCUT2D eigenvalue weighted by atomic mass is 9.75. The number of nitrogens with zero attached hydrogens (tertiary/aromatic N) is 1. The van der Waals surface area contributed by atoms with Gasteiger partial charge in [-0.25, -0.2) is 4.39 Å². The number of hydrogen-bond donors (Lipinski definition) is 1. The number of fused-ring (bicyclic) bond motifs is 2. The van der Waals surface area contributed by atoms with Crippen molar-refractivity contribution in [3.05, 3.63) is 59.4 Å². The van der Waals surface area contributed by atoms with E-state index in [1.54, 1.807) is 12.1 Å². The highest BCUT2D eigenvalue weighted by Crippen LogP contribution is 2.43. The van der Waals surface area contributed by atoms with E-state index in [2.05, 4.69) is 10.2 Å². The van der Waals surface area contributed by atoms with Gasteiger partial charge in [0.25, 0.3) is 0 Å². The van der Waals surface area contributed by atoms with Gasteiger partial charge in [-0.1, -0.05) is 24.3 Å². The molecule has 25 heavy (non-hydrogen) atoms. The van der Waals surface area contributed by atoms with E-state index in [9.17, 15) is 9.18 Å². The molecule has 1 saturated heterocycles. The van der Waals surface area contributed by atoms with Crippen LogP contribution < -0.4 is 10.1 Å². The number of likely N-dealkylation sites (tertiary alicyclic amines) is 1. The van der Waals surface area contributed by atoms with Crippen LogP contribution in [0.15, 0.2) is 42.5 Å². The SMILES string of the molecule is COc1ccc(CN2CCC[C@@]3(C2)C(=O)Nc2ccccc23)c(F)c1. The number of rotatable bonds is 3. The third-order valence-electron chi connectivity index (χ3n) is 5.35. The fourth-order valence-electron chi connectivity index (χ4n) is 4.08. The molecule has 1 amide bonds. The molecule has 5 heteroatoms. The Kier molecular flexibility index (Phi) is 3.96. The molecule has 0 aliphatic carbocycles. The van der Waals surface area contributed by atoms with Gasteiger partial charge < -0.3 is 10.1 Å². The van der Waals surface area contributed by atoms with Crippen LogP contribution in [0, 0.1) is 5.82 Å². The summed E-state index contributed by atoms with van der Waals surface area (Å²) in [7, 11) is 1.53. The first-order chi connectivity index (χ1) is 12.1. The van der Waals surface area contributed by atoms with Crippen molar-refractivity contribution in [1.29, 1.82) is 0 Å². The number of benzene rings is 2. The molecule has 0 aromatic heterocycles. The summed E-state index contributed by atoms with van der Waals surface area (Å²) in [5.41, 5.74) is 2.09. The number of carbonyl (C=O) groups is 1. The molecule has 2 aliphatic heterocycles. The molecule has 0 saturated carbocycles. The van der Waals surface area contributed by atoms with E-state index in [4.69, 9.17) is 4.74 Å². The summed E-state index contributed by atoms with van der Waals surface area (Å²) in [6, 6.07) is 12.8. The van der Waals surface area contributed by atoms with Crippen molar-refractivity contribution in [3.63, 3.8) is 0 Å². The molecule has 2 heterocycles. The highest BCUT2D eigenvalue weighted by molar-refractivity contribution is 6.06. The van der Waals surface area contributed by atoms with Gasteiger partial charge >= 0.3 is 0 Å². The van der Waals surface area contributed by atoms with Crippen molar-refractivity contribution in [3.8, 4) is 5.75 Å². The highest BCUT2D eigenvalue weighted by Gasteiger charge is 2.48. The Labute approximate surface area is 146 Å². The Morgan fingerprint density at radius 2 is 2.12 bits per heavy atom. The van der Waals surface area contributed by atoms with Crippen LogP contribution in [0.25, 0.3) is 0 Å². The summed E-state index contributed by atoms with van der Waals surface area (Å²) < 4.78 is 19.4. The molecule has 1 spiro atoms. The van der Waals surface area contributed by atoms with Crippen molar-refractivity contribution in [2.45, 2.75) is 24.8 Å². The molecular weight excluding hydrogens is 319 g/mol. The monoisotopic (exact) mass is 340 g/mol. The number of hydrogen-bond acceptors (Lipinski definition) is 3. The number of carbonyl (C=O) groups excluding carboxylic acids is 1. The molecule has 4 nitrogen and oxygen atoms in total. The van der Waals surface area contributed by atoms with Crippen molar-refractivity contribution in [2.75, 3.05) is 25.5 Å². The fraction of sp³-hybridized carbons (Fsp3) is 0.350. The van der Waals surface area contributed by atoms with Gasteiger partial charge in [0.05, 0.1) is 12.5 Å². The van der Waals surface area contributed by atoms with Gasteiger partial charge in [0.15, 0.2) is 0 Å². The lowest BCUT2D eigenvalue weighted by Gasteiger charge is -2.39. The van der Waals surface area contributed by atoms with Crippen LogP contribution in [0.5, 0.6) is 5.75 Å². The smallest absolute Gasteiger partial charge is 0.236 e. The molecule has 2 aliphatic rings. The van der Waals surface area contributed by atoms with Crippen LogP contribution in [0.1, 0.15) is 24.0 Å². The number of ether oxygens (including phenoxy) is 1. The second-order valence-corrected chi connectivity index (χ2v) is 6.85. The van der Waals surface area contributed by atoms with E-state index >= 15 is 0 Å². The van der Waals surface area contributed by atoms with Gasteiger partial charge in [-0.2, -0.15) is 0 Å². The largest absolute Gasteiger partial charge is 0.497 e. The molecular formula is C20H21FN2O2. The summed E-state index contributed by atoms with van der Waals surface area (Å²) in [6.07, 6.45) is 1.75. The second kappa shape index (κ2) is 6.15. The van der Waals surface area contributed by atoms with E-state index in [1.807, 2.05) is 24.3 Å². The lowest BCUT2D eigenvalue weighted by Crippen LogP contribution is -2.49. The standard InChI is InChI=1S/C20H21FN2O2/c1-25-15-8-7-14(17(21)11-15)12-23-10-4-9-20(13-23)16-5-2-3-6-18(16)22-19(20)24/h2-3,5-8,11H,4,9-10,12-13H2,1H3,(H,22,24)/t20-/m0/s1. The summed E-state index contributed by atoms with van der Waals surface area (Å²) in [5.74, 6) is 0.310. The minimum absolute atomic E-state index is 0.0635. The van der Waals surface area contributed by atoms with Crippen LogP contribution in [0.4, 0.5) is 10.1 Å². The van der Waals surface area contributed by atoms with Crippen LogP contribution in [-0.4, -0.2) is 31.0 Å². The minimum Gasteiger partial charge on any atom is -0.497 e. The van der Waals surface area contributed by atoms with Gasteiger partial charge in [-0.15, -0.1) is 0 Å². The summed E-state index contributed by atoms with van der Waals surface area (Å²) >= 11 is 0. The zero-order chi connectivity index (χ0) is 17.4. The van der Waals surface area contributed by atoms with Crippen molar-refractivity contribution in [1.82, 2.24) is 4.90 Å². The van der Waals surface area contributed by atoms with Crippen LogP contribution in [0.2, 0.25) is 0 Å². The normalized spacial score (nSPS) is 22.7. The third-order valence-corrected chi connectivity index (χ3v) is 5.35. The third kappa shape index (κ3) is 2.68. The molecule has 2 aromatic rings. The number of nitrogens with one attached hydrogen (secondary N) is 1. The average molecular weight is 340 g/mol. The zero-order valence-electron chi connectivity index (χ0n) is 14.2. The quantitative estimate of drug-likeness (QED) is 0.932. The van der Waals surface area contributed by atoms with Gasteiger partial charge in [-0.05, 0) is 37.1 Å². The Bertz CT molecular complexity index is 823. The predicted octanol–water partition coefficient (Wildman–Crippen LogP) is 3.32. The molecule has 0 bridgehead atoms. The van der Waals surface area contributed by atoms with E-state index in [-0.39, 0.29) is 11.7 Å². The minimum atomic E-state index is -0.516. The number of halogens is 1. The van der Waals surface area contributed by atoms with E-state index in [1.165, 1.54) is 13.2 Å². The van der Waals surface area contributed by atoms with Gasteiger partial charge in [0.1, 0.15) is 11.6 Å². The number of piperidine rings is 1. The molecule has 2 aromatic carbocycles. The molecule has 1 N–H and O–H groups in total. The van der Waals surface area contributed by atoms with Crippen molar-refractivity contribution in [2.24, 2.45) is 0 Å². The Hall–Kier alpha value is -2.40. The van der Waals surface area contributed by atoms with Crippen LogP contribution >= 0.6 is 0 Å². The first-order valence-electron chi connectivity index (χ1n) is 8.58. The maximum atomic E-state index is 14.3. The van der Waals surface area contributed by atoms with Gasteiger partial charge in [-0.3, -0.25) is 9.69 Å². The molecule has 130 valence electrons. The molecule has 0 unspecified atom stereocenters. The first-order valence-corrected chi connectivity index (χ1v) is 8.58. The van der Waals surface area contributed by atoms with Crippen molar-refractivity contribution < 1.29 is 13.9 Å². The number of para-hydroxylation sites is 1. The second-order valence-electron chi connectivity index (χ2n) is 6.85. The number of methoxy groups -OCH3 is 1. The summed E-state index contributed by atoms with van der Waals surface area (Å²) in [6.45, 7) is 1.97. The van der Waals surface area contributed by atoms with Crippen LogP contribution in [0.3, 0.4) is 0 Å².